The maximum atomic E-state index is 6.73. The van der Waals surface area contributed by atoms with Crippen molar-refractivity contribution in [3.05, 3.63) is 150 Å². The van der Waals surface area contributed by atoms with E-state index in [0.717, 1.165) is 44.9 Å². The van der Waals surface area contributed by atoms with Crippen LogP contribution in [0.5, 0.6) is 11.5 Å². The predicted octanol–water partition coefficient (Wildman–Crippen LogP) is 8.90. The van der Waals surface area contributed by atoms with Gasteiger partial charge in [0.25, 0.3) is 0 Å². The van der Waals surface area contributed by atoms with Gasteiger partial charge in [0.1, 0.15) is 5.58 Å². The molecule has 6 heteroatoms. The Morgan fingerprint density at radius 2 is 1.49 bits per heavy atom. The first-order chi connectivity index (χ1) is 23.3. The van der Waals surface area contributed by atoms with Crippen LogP contribution in [0.3, 0.4) is 0 Å². The Labute approximate surface area is 303 Å². The fourth-order valence-corrected chi connectivity index (χ4v) is 6.83. The van der Waals surface area contributed by atoms with Crippen LogP contribution >= 0.6 is 0 Å². The Kier molecular flexibility index (Phi) is 8.59. The molecule has 4 nitrogen and oxygen atoms in total. The molecule has 5 aromatic carbocycles. The summed E-state index contributed by atoms with van der Waals surface area (Å²) in [5.74, 6) is 1.93. The molecule has 0 unspecified atom stereocenters. The molecular weight excluding hydrogens is 782 g/mol. The number of anilines is 3. The Morgan fingerprint density at radius 3 is 2.24 bits per heavy atom. The number of hydrogen-bond donors (Lipinski definition) is 0. The molecule has 0 aliphatic carbocycles. The van der Waals surface area contributed by atoms with Gasteiger partial charge in [-0.1, -0.05) is 103 Å². The normalized spacial score (nSPS) is 12.3. The standard InChI is InChI=1S/C43H34BN2O2.Pt/c1-28-13-10-14-29(2)40(28)44-36-20-7-8-21-38(36)46(42-41(44)35-19-6-9-22-39(35)48-42)32-16-12-18-34(26-32)47-33-17-11-15-30(25-33)37-24-23-31(27-45-37)43(3,4)5;/h6-20,22-24,27H,1-5H3;/q-3;. The van der Waals surface area contributed by atoms with E-state index < -0.39 is 0 Å². The smallest absolute Gasteiger partial charge is 0.195 e. The predicted molar refractivity (Wildman–Crippen MR) is 196 cm³/mol. The van der Waals surface area contributed by atoms with E-state index in [0.29, 0.717) is 11.5 Å². The van der Waals surface area contributed by atoms with Crippen molar-refractivity contribution in [2.45, 2.75) is 40.0 Å². The number of pyridine rings is 1. The summed E-state index contributed by atoms with van der Waals surface area (Å²) in [6.45, 7) is 10.9. The summed E-state index contributed by atoms with van der Waals surface area (Å²) in [4.78, 5) is 6.85. The van der Waals surface area contributed by atoms with Gasteiger partial charge in [0.15, 0.2) is 12.6 Å². The fraction of sp³-hybridized carbons (Fsp3) is 0.140. The maximum absolute atomic E-state index is 6.73. The molecular formula is C43H34BN2O2Pt-3. The van der Waals surface area contributed by atoms with Gasteiger partial charge in [0, 0.05) is 44.1 Å². The van der Waals surface area contributed by atoms with Crippen LogP contribution in [0.15, 0.2) is 120 Å². The molecule has 0 bridgehead atoms. The van der Waals surface area contributed by atoms with Gasteiger partial charge in [-0.3, -0.25) is 0 Å². The minimum atomic E-state index is -0.0172. The molecule has 0 radical (unpaired) electrons. The number of benzene rings is 5. The molecule has 0 amide bonds. The Morgan fingerprint density at radius 1 is 0.755 bits per heavy atom. The number of hydrogen-bond acceptors (Lipinski definition) is 4. The third-order valence-electron chi connectivity index (χ3n) is 9.22. The van der Waals surface area contributed by atoms with E-state index in [9.17, 15) is 0 Å². The first-order valence-electron chi connectivity index (χ1n) is 16.3. The molecule has 3 heterocycles. The van der Waals surface area contributed by atoms with Crippen molar-refractivity contribution in [2.24, 2.45) is 0 Å². The second kappa shape index (κ2) is 12.9. The Bertz CT molecular complexity index is 2280. The van der Waals surface area contributed by atoms with Gasteiger partial charge in [-0.25, -0.2) is 0 Å². The van der Waals surface area contributed by atoms with Crippen LogP contribution in [0.4, 0.5) is 17.3 Å². The molecule has 0 N–H and O–H groups in total. The maximum Gasteiger partial charge on any atom is 0.195 e. The number of aryl methyl sites for hydroxylation is 2. The number of ether oxygens (including phenoxy) is 1. The van der Waals surface area contributed by atoms with Crippen LogP contribution in [0, 0.1) is 32.0 Å². The van der Waals surface area contributed by atoms with Crippen molar-refractivity contribution in [3.8, 4) is 22.8 Å². The van der Waals surface area contributed by atoms with Crippen LogP contribution in [-0.2, 0) is 26.5 Å². The SMILES string of the molecule is Cc1cccc(C)c1B1c2ccc[c-]c2N(c2[c-]c(Oc3[c-]c(-c4ccc(C(C)(C)C)cn4)ccc3)ccc2)c2oc3ccccc3c21.[Pt]. The second-order valence-corrected chi connectivity index (χ2v) is 13.5. The molecule has 49 heavy (non-hydrogen) atoms. The first kappa shape index (κ1) is 32.7. The summed E-state index contributed by atoms with van der Waals surface area (Å²) in [5, 5.41) is 1.10. The van der Waals surface area contributed by atoms with E-state index in [2.05, 4.69) is 106 Å². The van der Waals surface area contributed by atoms with E-state index in [4.69, 9.17) is 14.1 Å². The monoisotopic (exact) mass is 816 g/mol. The van der Waals surface area contributed by atoms with Crippen molar-refractivity contribution in [3.63, 3.8) is 0 Å². The third kappa shape index (κ3) is 5.91. The van der Waals surface area contributed by atoms with Crippen LogP contribution in [0.25, 0.3) is 22.2 Å². The van der Waals surface area contributed by atoms with E-state index in [1.54, 1.807) is 0 Å². The van der Waals surface area contributed by atoms with Gasteiger partial charge in [0.2, 0.25) is 0 Å². The molecule has 0 saturated heterocycles. The van der Waals surface area contributed by atoms with Gasteiger partial charge < -0.3 is 19.0 Å². The van der Waals surface area contributed by atoms with E-state index >= 15 is 0 Å². The van der Waals surface area contributed by atoms with E-state index in [1.165, 1.54) is 27.6 Å². The molecule has 2 aromatic heterocycles. The first-order valence-corrected chi connectivity index (χ1v) is 16.3. The largest absolute Gasteiger partial charge is 0.503 e. The molecule has 0 fully saturated rings. The molecule has 0 saturated carbocycles. The quantitative estimate of drug-likeness (QED) is 0.129. The molecule has 7 aromatic rings. The van der Waals surface area contributed by atoms with Crippen molar-refractivity contribution < 1.29 is 30.2 Å². The summed E-state index contributed by atoms with van der Waals surface area (Å²) in [6, 6.07) is 47.6. The molecule has 1 aliphatic rings. The summed E-state index contributed by atoms with van der Waals surface area (Å²) in [7, 11) is 0. The summed E-state index contributed by atoms with van der Waals surface area (Å²) >= 11 is 0. The van der Waals surface area contributed by atoms with E-state index in [1.807, 2.05) is 66.9 Å². The van der Waals surface area contributed by atoms with Crippen LogP contribution in [0.1, 0.15) is 37.5 Å². The molecule has 1 aliphatic heterocycles. The van der Waals surface area contributed by atoms with Crippen LogP contribution in [0.2, 0.25) is 0 Å². The third-order valence-corrected chi connectivity index (χ3v) is 9.22. The second-order valence-electron chi connectivity index (χ2n) is 13.5. The average Bonchev–Trinajstić information content (AvgIpc) is 3.47. The Hall–Kier alpha value is -4.86. The van der Waals surface area contributed by atoms with Crippen molar-refractivity contribution in [2.75, 3.05) is 4.90 Å². The zero-order valence-corrected chi connectivity index (χ0v) is 30.3. The zero-order chi connectivity index (χ0) is 33.0. The van der Waals surface area contributed by atoms with Crippen LogP contribution < -0.4 is 26.0 Å². The number of nitrogens with zero attached hydrogens (tertiary/aromatic N) is 2. The number of aromatic nitrogens is 1. The van der Waals surface area contributed by atoms with Gasteiger partial charge in [-0.2, -0.15) is 30.3 Å². The number of rotatable bonds is 5. The fourth-order valence-electron chi connectivity index (χ4n) is 6.83. The summed E-state index contributed by atoms with van der Waals surface area (Å²) in [6.07, 6.45) is 1.94. The topological polar surface area (TPSA) is 38.5 Å². The van der Waals surface area contributed by atoms with Crippen molar-refractivity contribution in [1.29, 1.82) is 0 Å². The minimum absolute atomic E-state index is 0. The van der Waals surface area contributed by atoms with Gasteiger partial charge in [0.05, 0.1) is 0 Å². The minimum Gasteiger partial charge on any atom is -0.503 e. The average molecular weight is 817 g/mol. The van der Waals surface area contributed by atoms with Crippen molar-refractivity contribution >= 4 is 51.3 Å². The molecule has 0 spiro atoms. The van der Waals surface area contributed by atoms with Crippen LogP contribution in [-0.4, -0.2) is 11.7 Å². The Balaban J connectivity index is 0.00000378. The molecule has 0 atom stereocenters. The molecule has 244 valence electrons. The van der Waals surface area contributed by atoms with Gasteiger partial charge in [-0.15, -0.1) is 47.4 Å². The zero-order valence-electron chi connectivity index (χ0n) is 28.1. The van der Waals surface area contributed by atoms with Gasteiger partial charge >= 0.3 is 0 Å². The number of furan rings is 1. The number of fused-ring (bicyclic) bond motifs is 4. The van der Waals surface area contributed by atoms with E-state index in [-0.39, 0.29) is 33.2 Å². The summed E-state index contributed by atoms with van der Waals surface area (Å²) in [5.41, 5.74) is 11.6. The van der Waals surface area contributed by atoms with Crippen molar-refractivity contribution in [1.82, 2.24) is 4.98 Å². The summed E-state index contributed by atoms with van der Waals surface area (Å²) < 4.78 is 13.1. The van der Waals surface area contributed by atoms with Gasteiger partial charge in [-0.05, 0) is 42.0 Å². The number of para-hydroxylation sites is 2. The molecule has 8 rings (SSSR count).